The van der Waals surface area contributed by atoms with Crippen molar-refractivity contribution in [2.75, 3.05) is 18.0 Å². The molecule has 168 valence electrons. The molecule has 3 heterocycles. The lowest BCUT2D eigenvalue weighted by Crippen LogP contribution is -2.57. The Balaban J connectivity index is 1.41. The number of amides is 1. The van der Waals surface area contributed by atoms with Crippen molar-refractivity contribution < 1.29 is 18.7 Å². The second-order valence-corrected chi connectivity index (χ2v) is 9.22. The first kappa shape index (κ1) is 21.9. The molecule has 32 heavy (non-hydrogen) atoms. The quantitative estimate of drug-likeness (QED) is 0.710. The van der Waals surface area contributed by atoms with Crippen LogP contribution in [-0.4, -0.2) is 46.8 Å². The first-order valence-electron chi connectivity index (χ1n) is 10.8. The summed E-state index contributed by atoms with van der Waals surface area (Å²) in [4.78, 5) is 21.3. The molecule has 1 amide bonds. The van der Waals surface area contributed by atoms with Crippen molar-refractivity contribution in [2.45, 2.75) is 57.9 Å². The van der Waals surface area contributed by atoms with Crippen LogP contribution in [0.25, 0.3) is 0 Å². The third-order valence-electron chi connectivity index (χ3n) is 5.68. The van der Waals surface area contributed by atoms with Gasteiger partial charge in [0, 0.05) is 24.7 Å². The number of piperazine rings is 1. The van der Waals surface area contributed by atoms with Crippen molar-refractivity contribution in [3.8, 4) is 11.9 Å². The smallest absolute Gasteiger partial charge is 0.410 e. The van der Waals surface area contributed by atoms with E-state index in [4.69, 9.17) is 14.7 Å². The molecule has 2 atom stereocenters. The van der Waals surface area contributed by atoms with Crippen LogP contribution in [-0.2, 0) is 11.3 Å². The molecule has 4 rings (SSSR count). The Morgan fingerprint density at radius 1 is 1.22 bits per heavy atom. The number of fused-ring (bicyclic) bond motifs is 2. The van der Waals surface area contributed by atoms with Crippen LogP contribution in [0.2, 0.25) is 0 Å². The summed E-state index contributed by atoms with van der Waals surface area (Å²) in [5.74, 6) is 0.687. The van der Waals surface area contributed by atoms with Gasteiger partial charge in [-0.25, -0.2) is 9.18 Å². The van der Waals surface area contributed by atoms with E-state index >= 15 is 0 Å². The fraction of sp³-hybridized carbons (Fsp3) is 0.458. The van der Waals surface area contributed by atoms with Crippen LogP contribution < -0.4 is 9.64 Å². The number of anilines is 1. The Bertz CT molecular complexity index is 1030. The molecular weight excluding hydrogens is 411 g/mol. The minimum Gasteiger partial charge on any atom is -0.473 e. The predicted octanol–water partition coefficient (Wildman–Crippen LogP) is 4.26. The maximum atomic E-state index is 14.1. The van der Waals surface area contributed by atoms with E-state index in [9.17, 15) is 9.18 Å². The van der Waals surface area contributed by atoms with E-state index in [-0.39, 0.29) is 30.3 Å². The van der Waals surface area contributed by atoms with Crippen LogP contribution >= 0.6 is 0 Å². The minimum atomic E-state index is -0.519. The van der Waals surface area contributed by atoms with Gasteiger partial charge in [0.15, 0.2) is 0 Å². The molecule has 0 spiro atoms. The third kappa shape index (κ3) is 4.77. The number of halogens is 1. The molecule has 2 aromatic rings. The monoisotopic (exact) mass is 438 g/mol. The van der Waals surface area contributed by atoms with Crippen molar-refractivity contribution in [1.82, 2.24) is 9.88 Å². The van der Waals surface area contributed by atoms with Gasteiger partial charge in [0.05, 0.1) is 23.7 Å². The molecular formula is C24H27FN4O3. The molecule has 0 radical (unpaired) electrons. The van der Waals surface area contributed by atoms with Crippen LogP contribution in [0, 0.1) is 17.1 Å². The van der Waals surface area contributed by atoms with E-state index in [0.717, 1.165) is 18.7 Å². The van der Waals surface area contributed by atoms with Gasteiger partial charge >= 0.3 is 6.09 Å². The highest BCUT2D eigenvalue weighted by atomic mass is 19.1. The second kappa shape index (κ2) is 8.65. The Labute approximate surface area is 187 Å². The number of carbonyl (C=O) groups is 1. The van der Waals surface area contributed by atoms with Gasteiger partial charge in [-0.3, -0.25) is 4.90 Å². The summed E-state index contributed by atoms with van der Waals surface area (Å²) in [6, 6.07) is 11.9. The van der Waals surface area contributed by atoms with Gasteiger partial charge in [-0.15, -0.1) is 0 Å². The first-order valence-corrected chi connectivity index (χ1v) is 10.8. The predicted molar refractivity (Wildman–Crippen MR) is 117 cm³/mol. The largest absolute Gasteiger partial charge is 0.473 e. The van der Waals surface area contributed by atoms with Gasteiger partial charge in [-0.05, 0) is 51.8 Å². The highest BCUT2D eigenvalue weighted by Crippen LogP contribution is 2.33. The zero-order valence-corrected chi connectivity index (χ0v) is 18.5. The molecule has 0 N–H and O–H groups in total. The number of rotatable bonds is 4. The number of benzene rings is 1. The highest BCUT2D eigenvalue weighted by molar-refractivity contribution is 5.70. The van der Waals surface area contributed by atoms with Crippen molar-refractivity contribution in [1.29, 1.82) is 5.26 Å². The van der Waals surface area contributed by atoms with Gasteiger partial charge in [0.25, 0.3) is 0 Å². The number of ether oxygens (including phenoxy) is 2. The van der Waals surface area contributed by atoms with Crippen molar-refractivity contribution >= 4 is 11.9 Å². The average molecular weight is 439 g/mol. The first-order chi connectivity index (χ1) is 15.2. The van der Waals surface area contributed by atoms with Crippen LogP contribution in [0.3, 0.4) is 0 Å². The van der Waals surface area contributed by atoms with Crippen LogP contribution in [0.4, 0.5) is 15.0 Å². The molecule has 8 heteroatoms. The van der Waals surface area contributed by atoms with Crippen molar-refractivity contribution in [3.05, 3.63) is 53.3 Å². The lowest BCUT2D eigenvalue weighted by Gasteiger charge is -2.41. The summed E-state index contributed by atoms with van der Waals surface area (Å²) in [6.45, 7) is 7.01. The molecule has 2 aliphatic heterocycles. The number of carbonyl (C=O) groups excluding carboxylic acids is 1. The molecule has 2 saturated heterocycles. The van der Waals surface area contributed by atoms with E-state index in [0.29, 0.717) is 24.5 Å². The Kier molecular flexibility index (Phi) is 5.92. The fourth-order valence-corrected chi connectivity index (χ4v) is 4.25. The van der Waals surface area contributed by atoms with Crippen molar-refractivity contribution in [2.24, 2.45) is 0 Å². The molecule has 7 nitrogen and oxygen atoms in total. The summed E-state index contributed by atoms with van der Waals surface area (Å²) < 4.78 is 25.4. The van der Waals surface area contributed by atoms with Crippen molar-refractivity contribution in [3.63, 3.8) is 0 Å². The van der Waals surface area contributed by atoms with Crippen LogP contribution in [0.15, 0.2) is 36.4 Å². The maximum Gasteiger partial charge on any atom is 0.410 e. The Morgan fingerprint density at radius 3 is 2.56 bits per heavy atom. The highest BCUT2D eigenvalue weighted by Gasteiger charge is 2.44. The lowest BCUT2D eigenvalue weighted by atomic mass is 10.1. The van der Waals surface area contributed by atoms with E-state index in [1.807, 2.05) is 43.9 Å². The van der Waals surface area contributed by atoms with Gasteiger partial charge < -0.3 is 14.4 Å². The molecule has 0 saturated carbocycles. The summed E-state index contributed by atoms with van der Waals surface area (Å²) >= 11 is 0. The summed E-state index contributed by atoms with van der Waals surface area (Å²) in [6.07, 6.45) is 1.63. The molecule has 2 unspecified atom stereocenters. The Morgan fingerprint density at radius 2 is 1.94 bits per heavy atom. The topological polar surface area (TPSA) is 78.7 Å². The number of pyridine rings is 1. The third-order valence-corrected chi connectivity index (χ3v) is 5.68. The zero-order valence-electron chi connectivity index (χ0n) is 18.5. The van der Waals surface area contributed by atoms with E-state index in [1.54, 1.807) is 18.2 Å². The SMILES string of the molecule is CC(C)(C)OC(=O)N1C2CCC1CN(c1cccc(OCc3ccc(C#N)cc3F)n1)C2. The summed E-state index contributed by atoms with van der Waals surface area (Å²) in [5.41, 5.74) is 0.113. The lowest BCUT2D eigenvalue weighted by molar-refractivity contribution is 0.0122. The number of hydrogen-bond donors (Lipinski definition) is 0. The molecule has 2 aliphatic rings. The summed E-state index contributed by atoms with van der Waals surface area (Å²) in [7, 11) is 0. The minimum absolute atomic E-state index is 0.0195. The molecule has 2 fully saturated rings. The van der Waals surface area contributed by atoms with E-state index < -0.39 is 11.4 Å². The van der Waals surface area contributed by atoms with Gasteiger partial charge in [0.2, 0.25) is 5.88 Å². The molecule has 0 aliphatic carbocycles. The molecule has 1 aromatic heterocycles. The normalized spacial score (nSPS) is 20.1. The number of aromatic nitrogens is 1. The zero-order chi connectivity index (χ0) is 22.9. The molecule has 1 aromatic carbocycles. The fourth-order valence-electron chi connectivity index (χ4n) is 4.25. The van der Waals surface area contributed by atoms with E-state index in [2.05, 4.69) is 9.88 Å². The maximum absolute atomic E-state index is 14.1. The Hall–Kier alpha value is -3.34. The van der Waals surface area contributed by atoms with Gasteiger partial charge in [0.1, 0.15) is 23.8 Å². The number of nitrogens with zero attached hydrogens (tertiary/aromatic N) is 4. The molecule has 2 bridgehead atoms. The van der Waals surface area contributed by atoms with Gasteiger partial charge in [-0.2, -0.15) is 10.2 Å². The number of hydrogen-bond acceptors (Lipinski definition) is 6. The number of nitriles is 1. The standard InChI is InChI=1S/C24H27FN4O3/c1-24(2,3)32-23(30)29-18-9-10-19(29)14-28(13-18)21-5-4-6-22(27-21)31-15-17-8-7-16(12-26)11-20(17)25/h4-8,11,18-19H,9-10,13-15H2,1-3H3. The average Bonchev–Trinajstić information content (AvgIpc) is 3.01. The summed E-state index contributed by atoms with van der Waals surface area (Å²) in [5, 5.41) is 8.86. The van der Waals surface area contributed by atoms with E-state index in [1.165, 1.54) is 6.07 Å². The second-order valence-electron chi connectivity index (χ2n) is 9.22. The van der Waals surface area contributed by atoms with Crippen LogP contribution in [0.5, 0.6) is 5.88 Å². The van der Waals surface area contributed by atoms with Gasteiger partial charge in [-0.1, -0.05) is 12.1 Å². The van der Waals surface area contributed by atoms with Crippen LogP contribution in [0.1, 0.15) is 44.7 Å².